The van der Waals surface area contributed by atoms with Gasteiger partial charge in [-0.25, -0.2) is 0 Å². The number of rotatable bonds is 9. The van der Waals surface area contributed by atoms with Crippen molar-refractivity contribution in [3.05, 3.63) is 28.8 Å². The molecule has 2 rings (SSSR count). The molecule has 0 spiro atoms. The maximum absolute atomic E-state index is 6.10. The van der Waals surface area contributed by atoms with Crippen LogP contribution in [0, 0.1) is 5.92 Å². The van der Waals surface area contributed by atoms with Gasteiger partial charge in [0.2, 0.25) is 0 Å². The molecule has 1 aliphatic rings. The van der Waals surface area contributed by atoms with Gasteiger partial charge in [0, 0.05) is 42.3 Å². The summed E-state index contributed by atoms with van der Waals surface area (Å²) in [6, 6.07) is 6.78. The number of aliphatic imine (C=N–C) groups is 1. The molecule has 3 atom stereocenters. The van der Waals surface area contributed by atoms with Crippen molar-refractivity contribution in [3.8, 4) is 0 Å². The molecule has 1 aromatic carbocycles. The minimum atomic E-state index is 0.302. The lowest BCUT2D eigenvalue weighted by atomic mass is 9.90. The SMILES string of the molecule is CCN(CCN)CCCC(C)NC1c2ccc(Cl)cc2N=CC1C. The Hall–Kier alpha value is -0.940. The van der Waals surface area contributed by atoms with Gasteiger partial charge < -0.3 is 16.0 Å². The average molecular weight is 351 g/mol. The molecule has 0 saturated heterocycles. The van der Waals surface area contributed by atoms with E-state index in [0.717, 1.165) is 43.3 Å². The smallest absolute Gasteiger partial charge is 0.0688 e. The fourth-order valence-corrected chi connectivity index (χ4v) is 3.49. The molecule has 0 fully saturated rings. The van der Waals surface area contributed by atoms with Crippen LogP contribution < -0.4 is 11.1 Å². The van der Waals surface area contributed by atoms with Crippen LogP contribution in [0.2, 0.25) is 5.02 Å². The van der Waals surface area contributed by atoms with E-state index >= 15 is 0 Å². The second-order valence-corrected chi connectivity index (χ2v) is 7.19. The van der Waals surface area contributed by atoms with E-state index in [2.05, 4.69) is 42.0 Å². The van der Waals surface area contributed by atoms with E-state index in [1.54, 1.807) is 0 Å². The van der Waals surface area contributed by atoms with E-state index < -0.39 is 0 Å². The van der Waals surface area contributed by atoms with Gasteiger partial charge in [0.1, 0.15) is 0 Å². The number of benzene rings is 1. The molecular weight excluding hydrogens is 320 g/mol. The highest BCUT2D eigenvalue weighted by atomic mass is 35.5. The number of nitrogens with two attached hydrogens (primary N) is 1. The van der Waals surface area contributed by atoms with Crippen molar-refractivity contribution < 1.29 is 0 Å². The summed E-state index contributed by atoms with van der Waals surface area (Å²) in [5.74, 6) is 0.380. The fraction of sp³-hybridized carbons (Fsp3) is 0.632. The van der Waals surface area contributed by atoms with Gasteiger partial charge in [0.15, 0.2) is 0 Å². The van der Waals surface area contributed by atoms with Crippen molar-refractivity contribution in [1.82, 2.24) is 10.2 Å². The van der Waals surface area contributed by atoms with E-state index in [1.165, 1.54) is 12.0 Å². The van der Waals surface area contributed by atoms with Crippen molar-refractivity contribution in [2.45, 2.75) is 45.7 Å². The summed E-state index contributed by atoms with van der Waals surface area (Å²) in [4.78, 5) is 6.96. The lowest BCUT2D eigenvalue weighted by Crippen LogP contribution is -2.37. The predicted molar refractivity (Wildman–Crippen MR) is 105 cm³/mol. The van der Waals surface area contributed by atoms with E-state index in [4.69, 9.17) is 17.3 Å². The van der Waals surface area contributed by atoms with Crippen LogP contribution in [0.1, 0.15) is 45.2 Å². The largest absolute Gasteiger partial charge is 0.329 e. The second-order valence-electron chi connectivity index (χ2n) is 6.75. The first-order chi connectivity index (χ1) is 11.5. The topological polar surface area (TPSA) is 53.6 Å². The van der Waals surface area contributed by atoms with Gasteiger partial charge in [-0.05, 0) is 50.6 Å². The third-order valence-electron chi connectivity index (χ3n) is 4.77. The molecule has 24 heavy (non-hydrogen) atoms. The molecule has 134 valence electrons. The van der Waals surface area contributed by atoms with Gasteiger partial charge in [-0.15, -0.1) is 0 Å². The molecule has 0 aliphatic carbocycles. The zero-order chi connectivity index (χ0) is 17.5. The Morgan fingerprint density at radius 3 is 2.88 bits per heavy atom. The van der Waals surface area contributed by atoms with E-state index in [1.807, 2.05) is 18.3 Å². The first-order valence-corrected chi connectivity index (χ1v) is 9.45. The quantitative estimate of drug-likeness (QED) is 0.712. The summed E-state index contributed by atoms with van der Waals surface area (Å²) in [6.07, 6.45) is 4.37. The standard InChI is InChI=1S/C19H31ClN4/c1-4-24(11-9-21)10-5-6-15(3)23-19-14(2)13-22-18-12-16(20)7-8-17(18)19/h7-8,12-15,19,23H,4-6,9-11,21H2,1-3H3. The van der Waals surface area contributed by atoms with Gasteiger partial charge in [-0.2, -0.15) is 0 Å². The second kappa shape index (κ2) is 9.52. The molecule has 0 bridgehead atoms. The monoisotopic (exact) mass is 350 g/mol. The number of likely N-dealkylation sites (N-methyl/N-ethyl adjacent to an activating group) is 1. The highest BCUT2D eigenvalue weighted by molar-refractivity contribution is 6.30. The molecule has 4 nitrogen and oxygen atoms in total. The molecule has 1 heterocycles. The Labute approximate surface area is 151 Å². The lowest BCUT2D eigenvalue weighted by Gasteiger charge is -2.31. The Morgan fingerprint density at radius 1 is 1.38 bits per heavy atom. The molecule has 1 aromatic rings. The third-order valence-corrected chi connectivity index (χ3v) is 5.01. The van der Waals surface area contributed by atoms with E-state index in [9.17, 15) is 0 Å². The van der Waals surface area contributed by atoms with Crippen molar-refractivity contribution in [2.24, 2.45) is 16.6 Å². The van der Waals surface area contributed by atoms with Gasteiger partial charge in [-0.1, -0.05) is 31.5 Å². The van der Waals surface area contributed by atoms with E-state index in [-0.39, 0.29) is 0 Å². The fourth-order valence-electron chi connectivity index (χ4n) is 3.32. The minimum Gasteiger partial charge on any atom is -0.329 e. The van der Waals surface area contributed by atoms with Crippen LogP contribution in [0.5, 0.6) is 0 Å². The van der Waals surface area contributed by atoms with Crippen molar-refractivity contribution in [1.29, 1.82) is 0 Å². The Bertz CT molecular complexity index is 546. The van der Waals surface area contributed by atoms with Crippen molar-refractivity contribution in [3.63, 3.8) is 0 Å². The van der Waals surface area contributed by atoms with Gasteiger partial charge in [-0.3, -0.25) is 4.99 Å². The molecule has 0 saturated carbocycles. The zero-order valence-corrected chi connectivity index (χ0v) is 15.9. The summed E-state index contributed by atoms with van der Waals surface area (Å²) in [5, 5.41) is 4.53. The van der Waals surface area contributed by atoms with Crippen LogP contribution >= 0.6 is 11.6 Å². The number of hydrogen-bond acceptors (Lipinski definition) is 4. The third kappa shape index (κ3) is 5.28. The summed E-state index contributed by atoms with van der Waals surface area (Å²) in [5.41, 5.74) is 7.90. The summed E-state index contributed by atoms with van der Waals surface area (Å²) in [7, 11) is 0. The maximum atomic E-state index is 6.10. The van der Waals surface area contributed by atoms with Gasteiger partial charge >= 0.3 is 0 Å². The summed E-state index contributed by atoms with van der Waals surface area (Å²) < 4.78 is 0. The zero-order valence-electron chi connectivity index (χ0n) is 15.1. The van der Waals surface area contributed by atoms with Crippen LogP contribution in [0.4, 0.5) is 5.69 Å². The Kier molecular flexibility index (Phi) is 7.69. The molecule has 0 aromatic heterocycles. The number of nitrogens with one attached hydrogen (secondary N) is 1. The van der Waals surface area contributed by atoms with Crippen LogP contribution in [0.3, 0.4) is 0 Å². The number of nitrogens with zero attached hydrogens (tertiary/aromatic N) is 2. The van der Waals surface area contributed by atoms with Crippen LogP contribution in [0.25, 0.3) is 0 Å². The molecule has 5 heteroatoms. The first-order valence-electron chi connectivity index (χ1n) is 9.07. The lowest BCUT2D eigenvalue weighted by molar-refractivity contribution is 0.279. The molecule has 3 unspecified atom stereocenters. The van der Waals surface area contributed by atoms with Gasteiger partial charge in [0.05, 0.1) is 5.69 Å². The Balaban J connectivity index is 1.89. The molecule has 0 radical (unpaired) electrons. The van der Waals surface area contributed by atoms with Crippen LogP contribution in [0.15, 0.2) is 23.2 Å². The molecule has 0 amide bonds. The van der Waals surface area contributed by atoms with Crippen molar-refractivity contribution >= 4 is 23.5 Å². The van der Waals surface area contributed by atoms with Crippen LogP contribution in [-0.2, 0) is 0 Å². The molecule has 3 N–H and O–H groups in total. The molecule has 1 aliphatic heterocycles. The average Bonchev–Trinajstić information content (AvgIpc) is 2.56. The molecular formula is C19H31ClN4. The predicted octanol–water partition coefficient (Wildman–Crippen LogP) is 3.77. The van der Waals surface area contributed by atoms with Crippen LogP contribution in [-0.4, -0.2) is 43.3 Å². The highest BCUT2D eigenvalue weighted by Gasteiger charge is 2.25. The normalized spacial score (nSPS) is 21.1. The number of halogens is 1. The Morgan fingerprint density at radius 2 is 2.17 bits per heavy atom. The minimum absolute atomic E-state index is 0.302. The first kappa shape index (κ1) is 19.4. The number of fused-ring (bicyclic) bond motifs is 1. The van der Waals surface area contributed by atoms with Gasteiger partial charge in [0.25, 0.3) is 0 Å². The number of hydrogen-bond donors (Lipinski definition) is 2. The summed E-state index contributed by atoms with van der Waals surface area (Å²) >= 11 is 6.10. The highest BCUT2D eigenvalue weighted by Crippen LogP contribution is 2.36. The van der Waals surface area contributed by atoms with E-state index in [0.29, 0.717) is 18.0 Å². The summed E-state index contributed by atoms with van der Waals surface area (Å²) in [6.45, 7) is 10.6. The maximum Gasteiger partial charge on any atom is 0.0688 e. The van der Waals surface area contributed by atoms with Crippen molar-refractivity contribution in [2.75, 3.05) is 26.2 Å².